The Morgan fingerprint density at radius 3 is 1.67 bits per heavy atom. The van der Waals surface area contributed by atoms with Gasteiger partial charge in [-0.3, -0.25) is 0 Å². The molecule has 0 bridgehead atoms. The van der Waals surface area contributed by atoms with Gasteiger partial charge in [0, 0.05) is 0 Å². The Kier molecular flexibility index (Phi) is 15.1. The molecule has 228 valence electrons. The minimum absolute atomic E-state index is 0. The molecule has 0 saturated heterocycles. The van der Waals surface area contributed by atoms with Crippen LogP contribution in [0.4, 0.5) is 0 Å². The molecule has 0 spiro atoms. The number of fused-ring (bicyclic) bond motifs is 3. The van der Waals surface area contributed by atoms with E-state index in [1.165, 1.54) is 97.6 Å². The third kappa shape index (κ3) is 10.3. The molecule has 3 aromatic carbocycles. The molecule has 42 heavy (non-hydrogen) atoms. The van der Waals surface area contributed by atoms with Crippen LogP contribution in [0, 0.1) is 17.9 Å². The summed E-state index contributed by atoms with van der Waals surface area (Å²) in [6, 6.07) is 25.1. The first-order valence-electron chi connectivity index (χ1n) is 16.0. The van der Waals surface area contributed by atoms with Gasteiger partial charge < -0.3 is 24.8 Å². The molecule has 0 aromatic heterocycles. The smallest absolute Gasteiger partial charge is 0.172 e. The van der Waals surface area contributed by atoms with Crippen molar-refractivity contribution in [2.24, 2.45) is 11.8 Å². The maximum absolute atomic E-state index is 3.53. The van der Waals surface area contributed by atoms with Crippen LogP contribution in [-0.2, 0) is 41.5 Å². The molecule has 0 heterocycles. The Morgan fingerprint density at radius 2 is 1.21 bits per heavy atom. The number of rotatable bonds is 2. The zero-order valence-corrected chi connectivity index (χ0v) is 30.9. The van der Waals surface area contributed by atoms with E-state index in [1.54, 1.807) is 24.2 Å². The van der Waals surface area contributed by atoms with Crippen molar-refractivity contribution in [2.45, 2.75) is 123 Å². The maximum atomic E-state index is 3.53. The quantitative estimate of drug-likeness (QED) is 0.263. The van der Waals surface area contributed by atoms with Crippen molar-refractivity contribution in [3.63, 3.8) is 0 Å². The van der Waals surface area contributed by atoms with Crippen LogP contribution in [0.2, 0.25) is 0 Å². The second kappa shape index (κ2) is 17.0. The Balaban J connectivity index is 0.000000253. The third-order valence-electron chi connectivity index (χ3n) is 9.17. The van der Waals surface area contributed by atoms with Crippen LogP contribution in [0.5, 0.6) is 0 Å². The van der Waals surface area contributed by atoms with Gasteiger partial charge in [-0.2, -0.15) is 47.5 Å². The second-order valence-corrected chi connectivity index (χ2v) is 15.8. The summed E-state index contributed by atoms with van der Waals surface area (Å²) in [6.07, 6.45) is 16.2. The van der Waals surface area contributed by atoms with Gasteiger partial charge in [-0.15, -0.1) is 5.56 Å². The van der Waals surface area contributed by atoms with Gasteiger partial charge in [0.05, 0.1) is 0 Å². The first-order chi connectivity index (χ1) is 19.0. The maximum Gasteiger partial charge on any atom is -0.172 e. The minimum atomic E-state index is 0. The topological polar surface area (TPSA) is 0 Å². The van der Waals surface area contributed by atoms with Gasteiger partial charge >= 0.3 is 103 Å². The molecule has 0 nitrogen and oxygen atoms in total. The van der Waals surface area contributed by atoms with Crippen LogP contribution in [-0.4, -0.2) is 3.21 Å². The largest absolute Gasteiger partial charge is 0.214 e. The van der Waals surface area contributed by atoms with Gasteiger partial charge in [0.2, 0.25) is 0 Å². The number of benzene rings is 2. The van der Waals surface area contributed by atoms with Crippen LogP contribution < -0.4 is 24.8 Å². The van der Waals surface area contributed by atoms with Gasteiger partial charge in [0.25, 0.3) is 0 Å². The van der Waals surface area contributed by atoms with Crippen molar-refractivity contribution in [3.05, 3.63) is 89.0 Å². The van der Waals surface area contributed by atoms with Gasteiger partial charge in [-0.25, -0.2) is 12.1 Å². The summed E-state index contributed by atoms with van der Waals surface area (Å²) in [5.74, 6) is 2.09. The number of halogens is 2. The van der Waals surface area contributed by atoms with Gasteiger partial charge in [-0.1, -0.05) is 76.3 Å². The van der Waals surface area contributed by atoms with E-state index in [2.05, 4.69) is 77.9 Å². The monoisotopic (exact) mass is 680 g/mol. The summed E-state index contributed by atoms with van der Waals surface area (Å²) in [6.45, 7) is 13.6. The fourth-order valence-corrected chi connectivity index (χ4v) is 7.89. The molecule has 0 atom stereocenters. The van der Waals surface area contributed by atoms with Crippen LogP contribution in [0.1, 0.15) is 128 Å². The third-order valence-corrected chi connectivity index (χ3v) is 11.2. The first-order valence-corrected chi connectivity index (χ1v) is 17.2. The average Bonchev–Trinajstić information content (AvgIpc) is 3.64. The SMILES string of the molecule is CC(C)(C)c1c[c-]c2c(c1)-c1cc(C(C)(C)C)ccc1C2.[Cl-].[Cl-].[Zr+2]=[C](C1CCCCC1)C1CCCCC1.c1cc[cH-]c1. The van der Waals surface area contributed by atoms with E-state index in [1.807, 2.05) is 33.5 Å². The molecule has 3 heteroatoms. The van der Waals surface area contributed by atoms with E-state index in [0.29, 0.717) is 0 Å². The van der Waals surface area contributed by atoms with Gasteiger partial charge in [0.15, 0.2) is 0 Å². The molecule has 0 aliphatic heterocycles. The summed E-state index contributed by atoms with van der Waals surface area (Å²) in [4.78, 5) is 0. The van der Waals surface area contributed by atoms with Crippen molar-refractivity contribution in [3.8, 4) is 11.1 Å². The molecule has 3 aromatic rings. The number of hydrogen-bond acceptors (Lipinski definition) is 0. The van der Waals surface area contributed by atoms with E-state index in [0.717, 1.165) is 18.3 Å². The van der Waals surface area contributed by atoms with E-state index in [-0.39, 0.29) is 35.6 Å². The fraction of sp³-hybridized carbons (Fsp3) is 0.538. The van der Waals surface area contributed by atoms with E-state index in [9.17, 15) is 0 Å². The van der Waals surface area contributed by atoms with Crippen LogP contribution in [0.25, 0.3) is 11.1 Å². The fourth-order valence-electron chi connectivity index (χ4n) is 6.47. The molecule has 2 saturated carbocycles. The molecule has 2 fully saturated rings. The van der Waals surface area contributed by atoms with Crippen LogP contribution in [0.3, 0.4) is 0 Å². The summed E-state index contributed by atoms with van der Waals surface area (Å²) < 4.78 is 1.97. The molecule has 3 aliphatic rings. The summed E-state index contributed by atoms with van der Waals surface area (Å²) >= 11 is 1.77. The second-order valence-electron chi connectivity index (χ2n) is 14.4. The molecular formula is C39H52Cl2Zr-2. The standard InChI is InChI=1S/C21H25.C13H22.C5H5.2ClH.Zr/c1-20(2,3)16-9-7-14-11-15-8-10-17(21(4,5)6)13-19(15)18(14)12-16;1-3-7-12(8-4-1)11-13-9-5-2-6-10-13;1-2-4-5-3-1;;;/h7,9-10,12-13H,11H2,1-6H3;12-13H,1-10H2;1-5H;2*1H;/q-1;;-1;;;+2/p-2. The Labute approximate surface area is 285 Å². The predicted octanol–water partition coefficient (Wildman–Crippen LogP) is 4.93. The predicted molar refractivity (Wildman–Crippen MR) is 171 cm³/mol. The van der Waals surface area contributed by atoms with Gasteiger partial charge in [-0.05, 0) is 17.4 Å². The van der Waals surface area contributed by atoms with Crippen molar-refractivity contribution >= 4 is 3.21 Å². The molecular weight excluding hydrogens is 631 g/mol. The summed E-state index contributed by atoms with van der Waals surface area (Å²) in [7, 11) is 0. The molecule has 0 unspecified atom stereocenters. The summed E-state index contributed by atoms with van der Waals surface area (Å²) in [5, 5.41) is 0. The first kappa shape index (κ1) is 37.3. The molecule has 0 amide bonds. The van der Waals surface area contributed by atoms with E-state index < -0.39 is 0 Å². The zero-order valence-electron chi connectivity index (χ0n) is 27.0. The number of hydrogen-bond donors (Lipinski definition) is 0. The van der Waals surface area contributed by atoms with Gasteiger partial charge in [0.1, 0.15) is 0 Å². The zero-order chi connectivity index (χ0) is 28.8. The van der Waals surface area contributed by atoms with E-state index >= 15 is 0 Å². The minimum Gasteiger partial charge on any atom is -0.214 e. The molecule has 6 rings (SSSR count). The van der Waals surface area contributed by atoms with Crippen molar-refractivity contribution < 1.29 is 49.0 Å². The Hall–Kier alpha value is -0.877. The normalized spacial score (nSPS) is 16.8. The van der Waals surface area contributed by atoms with Crippen molar-refractivity contribution in [1.29, 1.82) is 0 Å². The van der Waals surface area contributed by atoms with Crippen LogP contribution in [0.15, 0.2) is 60.7 Å². The Bertz CT molecular complexity index is 1120. The average molecular weight is 683 g/mol. The van der Waals surface area contributed by atoms with Crippen LogP contribution >= 0.6 is 0 Å². The van der Waals surface area contributed by atoms with E-state index in [4.69, 9.17) is 0 Å². The van der Waals surface area contributed by atoms with Crippen molar-refractivity contribution in [1.82, 2.24) is 0 Å². The summed E-state index contributed by atoms with van der Waals surface area (Å²) in [5.41, 5.74) is 8.76. The molecule has 0 radical (unpaired) electrons. The molecule has 3 aliphatic carbocycles. The molecule has 0 N–H and O–H groups in total. The Morgan fingerprint density at radius 1 is 0.714 bits per heavy atom. The van der Waals surface area contributed by atoms with Crippen molar-refractivity contribution in [2.75, 3.05) is 0 Å².